The van der Waals surface area contributed by atoms with Crippen molar-refractivity contribution >= 4 is 29.4 Å². The van der Waals surface area contributed by atoms with Crippen LogP contribution in [0.2, 0.25) is 0 Å². The van der Waals surface area contributed by atoms with Gasteiger partial charge in [0.1, 0.15) is 0 Å². The maximum Gasteiger partial charge on any atom is 0.326 e. The molecular weight excluding hydrogens is 426 g/mol. The quantitative estimate of drug-likeness (QED) is 0.310. The summed E-state index contributed by atoms with van der Waals surface area (Å²) in [6.07, 6.45) is 5.66. The third-order valence-corrected chi connectivity index (χ3v) is 4.99. The molecule has 0 unspecified atom stereocenters. The van der Waals surface area contributed by atoms with Crippen LogP contribution in [0.15, 0.2) is 79.3 Å². The van der Waals surface area contributed by atoms with Gasteiger partial charge < -0.3 is 5.32 Å². The predicted molar refractivity (Wildman–Crippen MR) is 122 cm³/mol. The minimum atomic E-state index is -3.45. The molecule has 0 bridgehead atoms. The number of nitrogens with one attached hydrogen (secondary N) is 1. The van der Waals surface area contributed by atoms with Crippen LogP contribution in [0.3, 0.4) is 0 Å². The van der Waals surface area contributed by atoms with Crippen molar-refractivity contribution in [2.75, 3.05) is 10.2 Å². The van der Waals surface area contributed by atoms with Gasteiger partial charge in [0.15, 0.2) is 0 Å². The van der Waals surface area contributed by atoms with E-state index in [2.05, 4.69) is 20.3 Å². The lowest BCUT2D eigenvalue weighted by Crippen LogP contribution is -2.25. The maximum absolute atomic E-state index is 13.3. The summed E-state index contributed by atoms with van der Waals surface area (Å²) in [7, 11) is 0. The van der Waals surface area contributed by atoms with Gasteiger partial charge in [-0.05, 0) is 67.1 Å². The number of hydrogen-bond donors (Lipinski definition) is 2. The number of aryl methyl sites for hydroxylation is 1. The number of amides is 1. The maximum atomic E-state index is 13.3. The molecule has 0 saturated heterocycles. The van der Waals surface area contributed by atoms with Crippen LogP contribution < -0.4 is 16.0 Å². The smallest absolute Gasteiger partial charge is 0.324 e. The third-order valence-electron chi connectivity index (χ3n) is 4.99. The highest BCUT2D eigenvalue weighted by Gasteiger charge is 2.25. The SMILES string of the molecule is Cc1ccc(N(C=O)c2ccc(C(N)(F)F)cc2)cc1Nc1nccc(-c2cccnc2)n1. The first-order valence-electron chi connectivity index (χ1n) is 9.98. The monoisotopic (exact) mass is 446 g/mol. The highest BCUT2D eigenvalue weighted by Crippen LogP contribution is 2.31. The van der Waals surface area contributed by atoms with Crippen LogP contribution in [-0.2, 0) is 10.8 Å². The summed E-state index contributed by atoms with van der Waals surface area (Å²) in [4.78, 5) is 26.1. The van der Waals surface area contributed by atoms with Crippen molar-refractivity contribution in [3.05, 3.63) is 90.4 Å². The van der Waals surface area contributed by atoms with Crippen molar-refractivity contribution in [1.82, 2.24) is 15.0 Å². The van der Waals surface area contributed by atoms with Crippen molar-refractivity contribution in [2.45, 2.75) is 13.0 Å². The van der Waals surface area contributed by atoms with Gasteiger partial charge in [0.05, 0.1) is 11.4 Å². The zero-order valence-corrected chi connectivity index (χ0v) is 17.6. The van der Waals surface area contributed by atoms with E-state index in [-0.39, 0.29) is 5.56 Å². The molecule has 0 spiro atoms. The molecule has 0 atom stereocenters. The molecule has 0 fully saturated rings. The fraction of sp³-hybridized carbons (Fsp3) is 0.0833. The van der Waals surface area contributed by atoms with Crippen molar-refractivity contribution < 1.29 is 13.6 Å². The number of carbonyl (C=O) groups is 1. The number of hydrogen-bond acceptors (Lipinski definition) is 6. The summed E-state index contributed by atoms with van der Waals surface area (Å²) in [5.41, 5.74) is 8.61. The predicted octanol–water partition coefficient (Wildman–Crippen LogP) is 4.89. The summed E-state index contributed by atoms with van der Waals surface area (Å²) in [5, 5.41) is 3.18. The molecule has 9 heteroatoms. The molecule has 2 aromatic heterocycles. The van der Waals surface area contributed by atoms with Gasteiger partial charge in [-0.15, -0.1) is 0 Å². The lowest BCUT2D eigenvalue weighted by molar-refractivity contribution is -0.106. The Balaban J connectivity index is 1.62. The van der Waals surface area contributed by atoms with Crippen LogP contribution >= 0.6 is 0 Å². The lowest BCUT2D eigenvalue weighted by atomic mass is 10.1. The Morgan fingerprint density at radius 2 is 1.79 bits per heavy atom. The lowest BCUT2D eigenvalue weighted by Gasteiger charge is -2.20. The molecule has 0 aliphatic carbocycles. The molecule has 1 amide bonds. The molecule has 0 radical (unpaired) electrons. The Morgan fingerprint density at radius 3 is 2.45 bits per heavy atom. The van der Waals surface area contributed by atoms with Crippen LogP contribution in [0.4, 0.5) is 31.8 Å². The topological polar surface area (TPSA) is 97.0 Å². The Hall–Kier alpha value is -4.24. The number of nitrogens with zero attached hydrogens (tertiary/aromatic N) is 4. The number of carbonyl (C=O) groups excluding carboxylic acids is 1. The summed E-state index contributed by atoms with van der Waals surface area (Å²) in [6, 6.07) is 12.6. The summed E-state index contributed by atoms with van der Waals surface area (Å²) >= 11 is 0. The van der Waals surface area contributed by atoms with Crippen molar-refractivity contribution in [3.8, 4) is 11.3 Å². The Kier molecular flexibility index (Phi) is 6.05. The van der Waals surface area contributed by atoms with Crippen LogP contribution in [-0.4, -0.2) is 21.4 Å². The molecule has 0 aliphatic heterocycles. The van der Waals surface area contributed by atoms with Gasteiger partial charge in [0, 0.05) is 41.1 Å². The molecule has 166 valence electrons. The zero-order valence-electron chi connectivity index (χ0n) is 17.6. The first-order valence-corrected chi connectivity index (χ1v) is 9.98. The second-order valence-electron chi connectivity index (χ2n) is 7.28. The molecule has 2 heterocycles. The average molecular weight is 446 g/mol. The van der Waals surface area contributed by atoms with Crippen molar-refractivity contribution in [2.24, 2.45) is 5.73 Å². The van der Waals surface area contributed by atoms with Gasteiger partial charge in [0.2, 0.25) is 12.4 Å². The second kappa shape index (κ2) is 9.09. The average Bonchev–Trinajstić information content (AvgIpc) is 2.82. The van der Waals surface area contributed by atoms with Gasteiger partial charge >= 0.3 is 6.05 Å². The third kappa shape index (κ3) is 4.99. The van der Waals surface area contributed by atoms with Gasteiger partial charge in [-0.2, -0.15) is 8.78 Å². The molecule has 0 saturated carbocycles. The largest absolute Gasteiger partial charge is 0.326 e. The Labute approximate surface area is 188 Å². The van der Waals surface area contributed by atoms with Crippen molar-refractivity contribution in [1.29, 1.82) is 0 Å². The van der Waals surface area contributed by atoms with Crippen molar-refractivity contribution in [3.63, 3.8) is 0 Å². The molecule has 33 heavy (non-hydrogen) atoms. The Morgan fingerprint density at radius 1 is 1.03 bits per heavy atom. The minimum absolute atomic E-state index is 0.339. The summed E-state index contributed by atoms with van der Waals surface area (Å²) < 4.78 is 26.6. The van der Waals surface area contributed by atoms with E-state index in [1.165, 1.54) is 29.2 Å². The van der Waals surface area contributed by atoms with Crippen LogP contribution in [0.25, 0.3) is 11.3 Å². The molecule has 3 N–H and O–H groups in total. The molecular formula is C24H20F2N6O. The number of halogens is 2. The van der Waals surface area contributed by atoms with E-state index in [0.29, 0.717) is 35.1 Å². The fourth-order valence-electron chi connectivity index (χ4n) is 3.22. The molecule has 0 aliphatic rings. The van der Waals surface area contributed by atoms with Crippen LogP contribution in [0.1, 0.15) is 11.1 Å². The van der Waals surface area contributed by atoms with E-state index >= 15 is 0 Å². The van der Waals surface area contributed by atoms with E-state index < -0.39 is 6.05 Å². The number of pyridine rings is 1. The number of benzene rings is 2. The van der Waals surface area contributed by atoms with E-state index in [0.717, 1.165) is 11.1 Å². The Bertz CT molecular complexity index is 1260. The minimum Gasteiger partial charge on any atom is -0.324 e. The highest BCUT2D eigenvalue weighted by molar-refractivity contribution is 5.88. The number of rotatable bonds is 7. The van der Waals surface area contributed by atoms with Gasteiger partial charge in [-0.1, -0.05) is 6.07 Å². The normalized spacial score (nSPS) is 11.2. The fourth-order valence-corrected chi connectivity index (χ4v) is 3.22. The van der Waals surface area contributed by atoms with Crippen LogP contribution in [0.5, 0.6) is 0 Å². The standard InChI is InChI=1S/C24H20F2N6O/c1-16-4-7-20(32(15-33)19-8-5-18(6-9-19)24(25,26)27)13-22(16)31-23-29-12-10-21(30-23)17-3-2-11-28-14-17/h2-15H,27H2,1H3,(H,29,30,31). The van der Waals surface area contributed by atoms with Crippen LogP contribution in [0, 0.1) is 6.92 Å². The first-order chi connectivity index (χ1) is 15.8. The van der Waals surface area contributed by atoms with E-state index in [1.807, 2.05) is 25.1 Å². The number of alkyl halides is 2. The van der Waals surface area contributed by atoms with Gasteiger partial charge in [0.25, 0.3) is 0 Å². The molecule has 7 nitrogen and oxygen atoms in total. The van der Waals surface area contributed by atoms with E-state index in [9.17, 15) is 13.6 Å². The van der Waals surface area contributed by atoms with E-state index in [1.54, 1.807) is 36.8 Å². The summed E-state index contributed by atoms with van der Waals surface area (Å²) in [6.45, 7) is 1.90. The number of nitrogens with two attached hydrogens (primary N) is 1. The number of aromatic nitrogens is 3. The number of anilines is 4. The molecule has 4 rings (SSSR count). The second-order valence-corrected chi connectivity index (χ2v) is 7.28. The summed E-state index contributed by atoms with van der Waals surface area (Å²) in [5.74, 6) is 0.379. The first kappa shape index (κ1) is 22.0. The highest BCUT2D eigenvalue weighted by atomic mass is 19.3. The van der Waals surface area contributed by atoms with Gasteiger partial charge in [-0.3, -0.25) is 20.4 Å². The molecule has 2 aromatic carbocycles. The zero-order chi connectivity index (χ0) is 23.4. The van der Waals surface area contributed by atoms with E-state index in [4.69, 9.17) is 5.73 Å². The van der Waals surface area contributed by atoms with Gasteiger partial charge in [-0.25, -0.2) is 9.97 Å². The molecule has 4 aromatic rings.